The van der Waals surface area contributed by atoms with Gasteiger partial charge in [0.1, 0.15) is 0 Å². The quantitative estimate of drug-likeness (QED) is 0.607. The molecule has 0 spiro atoms. The Hall–Kier alpha value is -1.34. The van der Waals surface area contributed by atoms with Gasteiger partial charge in [-0.25, -0.2) is 0 Å². The SMILES string of the molecule is F[n+]1ccc(C(F)(F)F)cc1C(F)(F)F. The topological polar surface area (TPSA) is 3.88 Å². The predicted molar refractivity (Wildman–Crippen MR) is 33.1 cm³/mol. The number of hydrogen-bond acceptors (Lipinski definition) is 0. The number of rotatable bonds is 0. The Bertz CT molecular complexity index is 365. The van der Waals surface area contributed by atoms with Gasteiger partial charge in [0.05, 0.1) is 10.0 Å². The number of halogens is 7. The van der Waals surface area contributed by atoms with Crippen LogP contribution in [0.4, 0.5) is 30.8 Å². The zero-order valence-corrected chi connectivity index (χ0v) is 6.83. The highest BCUT2D eigenvalue weighted by Gasteiger charge is 2.45. The second-order valence-electron chi connectivity index (χ2n) is 2.61. The molecule has 1 nitrogen and oxygen atoms in total. The standard InChI is InChI=1S/C7H3F7N/c8-6(9,10)4-1-2-15(14)5(3-4)7(11,12)13/h1-3H/q+1. The first-order chi connectivity index (χ1) is 6.62. The first-order valence-corrected chi connectivity index (χ1v) is 3.48. The van der Waals surface area contributed by atoms with E-state index >= 15 is 0 Å². The smallest absolute Gasteiger partial charge is 0.166 e. The third-order valence-corrected chi connectivity index (χ3v) is 1.53. The van der Waals surface area contributed by atoms with Gasteiger partial charge in [-0.1, -0.05) is 0 Å². The summed E-state index contributed by atoms with van der Waals surface area (Å²) in [5.74, 6) is 0. The van der Waals surface area contributed by atoms with Crippen LogP contribution in [0.3, 0.4) is 0 Å². The van der Waals surface area contributed by atoms with Gasteiger partial charge >= 0.3 is 18.0 Å². The van der Waals surface area contributed by atoms with E-state index in [1.54, 1.807) is 0 Å². The van der Waals surface area contributed by atoms with Crippen LogP contribution < -0.4 is 4.79 Å². The Morgan fingerprint density at radius 3 is 1.87 bits per heavy atom. The fourth-order valence-corrected chi connectivity index (χ4v) is 0.862. The van der Waals surface area contributed by atoms with E-state index < -0.39 is 28.4 Å². The fraction of sp³-hybridized carbons (Fsp3) is 0.286. The van der Waals surface area contributed by atoms with Crippen molar-refractivity contribution >= 4 is 0 Å². The van der Waals surface area contributed by atoms with Gasteiger partial charge in [-0.3, -0.25) is 0 Å². The summed E-state index contributed by atoms with van der Waals surface area (Å²) >= 11 is 0. The lowest BCUT2D eigenvalue weighted by molar-refractivity contribution is -0.856. The maximum atomic E-state index is 12.5. The molecule has 0 aliphatic heterocycles. The average Bonchev–Trinajstić information content (AvgIpc) is 2.00. The molecule has 0 atom stereocenters. The van der Waals surface area contributed by atoms with Crippen LogP contribution in [0.1, 0.15) is 11.3 Å². The molecule has 0 N–H and O–H groups in total. The van der Waals surface area contributed by atoms with Crippen molar-refractivity contribution in [2.75, 3.05) is 0 Å². The van der Waals surface area contributed by atoms with E-state index in [0.717, 1.165) is 0 Å². The molecular weight excluding hydrogens is 231 g/mol. The van der Waals surface area contributed by atoms with E-state index in [4.69, 9.17) is 0 Å². The number of alkyl halides is 6. The predicted octanol–water partition coefficient (Wildman–Crippen LogP) is 2.74. The molecule has 0 bridgehead atoms. The van der Waals surface area contributed by atoms with E-state index in [-0.39, 0.29) is 18.3 Å². The van der Waals surface area contributed by atoms with Gasteiger partial charge in [0, 0.05) is 16.9 Å². The van der Waals surface area contributed by atoms with Crippen molar-refractivity contribution in [3.8, 4) is 0 Å². The van der Waals surface area contributed by atoms with Crippen molar-refractivity contribution in [3.63, 3.8) is 0 Å². The molecule has 0 aliphatic carbocycles. The lowest BCUT2D eigenvalue weighted by Crippen LogP contribution is -2.34. The number of nitrogens with zero attached hydrogens (tertiary/aromatic N) is 1. The van der Waals surface area contributed by atoms with E-state index in [0.29, 0.717) is 0 Å². The maximum absolute atomic E-state index is 12.5. The second kappa shape index (κ2) is 3.35. The summed E-state index contributed by atoms with van der Waals surface area (Å²) in [5, 5.41) is 0. The maximum Gasteiger partial charge on any atom is 0.481 e. The van der Waals surface area contributed by atoms with Crippen molar-refractivity contribution < 1.29 is 35.6 Å². The van der Waals surface area contributed by atoms with Crippen LogP contribution in [-0.2, 0) is 12.4 Å². The largest absolute Gasteiger partial charge is 0.481 e. The number of pyridine rings is 1. The van der Waals surface area contributed by atoms with Crippen LogP contribution in [0, 0.1) is 0 Å². The lowest BCUT2D eigenvalue weighted by atomic mass is 10.2. The number of hydrogen-bond donors (Lipinski definition) is 0. The van der Waals surface area contributed by atoms with Crippen LogP contribution in [-0.4, -0.2) is 0 Å². The minimum Gasteiger partial charge on any atom is -0.166 e. The summed E-state index contributed by atoms with van der Waals surface area (Å²) < 4.78 is 84.4. The molecule has 84 valence electrons. The minimum atomic E-state index is -5.17. The molecule has 1 aromatic rings. The zero-order chi connectivity index (χ0) is 11.9. The van der Waals surface area contributed by atoms with Crippen LogP contribution >= 0.6 is 0 Å². The summed E-state index contributed by atoms with van der Waals surface area (Å²) in [6.07, 6.45) is -10.0. The van der Waals surface area contributed by atoms with Gasteiger partial charge in [-0.05, 0) is 0 Å². The number of aromatic nitrogens is 1. The molecule has 0 aliphatic rings. The van der Waals surface area contributed by atoms with E-state index in [1.165, 1.54) is 0 Å². The monoisotopic (exact) mass is 234 g/mol. The van der Waals surface area contributed by atoms with Gasteiger partial charge in [-0.15, -0.1) is 0 Å². The lowest BCUT2D eigenvalue weighted by Gasteiger charge is -2.06. The fourth-order valence-electron chi connectivity index (χ4n) is 0.862. The average molecular weight is 234 g/mol. The molecule has 0 saturated heterocycles. The second-order valence-corrected chi connectivity index (χ2v) is 2.61. The first kappa shape index (κ1) is 11.7. The Kier molecular flexibility index (Phi) is 2.62. The molecule has 0 saturated carbocycles. The van der Waals surface area contributed by atoms with Crippen LogP contribution in [0.5, 0.6) is 0 Å². The molecule has 0 radical (unpaired) electrons. The normalized spacial score (nSPS) is 13.0. The van der Waals surface area contributed by atoms with Crippen molar-refractivity contribution in [2.45, 2.75) is 12.4 Å². The Balaban J connectivity index is 3.30. The summed E-state index contributed by atoms with van der Waals surface area (Å²) in [7, 11) is 0. The molecule has 1 rings (SSSR count). The van der Waals surface area contributed by atoms with Gasteiger partial charge in [-0.2, -0.15) is 26.3 Å². The molecule has 1 aromatic heterocycles. The summed E-state index contributed by atoms with van der Waals surface area (Å²) in [6, 6.07) is -0.0742. The van der Waals surface area contributed by atoms with Gasteiger partial charge in [0.2, 0.25) is 6.20 Å². The zero-order valence-electron chi connectivity index (χ0n) is 6.83. The third-order valence-electron chi connectivity index (χ3n) is 1.53. The van der Waals surface area contributed by atoms with E-state index in [2.05, 4.69) is 0 Å². The van der Waals surface area contributed by atoms with Crippen LogP contribution in [0.2, 0.25) is 0 Å². The van der Waals surface area contributed by atoms with Crippen molar-refractivity contribution in [3.05, 3.63) is 29.6 Å². The first-order valence-electron chi connectivity index (χ1n) is 3.48. The van der Waals surface area contributed by atoms with Gasteiger partial charge < -0.3 is 0 Å². The van der Waals surface area contributed by atoms with Crippen LogP contribution in [0.25, 0.3) is 0 Å². The van der Waals surface area contributed by atoms with Crippen molar-refractivity contribution in [1.82, 2.24) is 0 Å². The van der Waals surface area contributed by atoms with E-state index in [1.807, 2.05) is 0 Å². The Morgan fingerprint density at radius 1 is 0.933 bits per heavy atom. The van der Waals surface area contributed by atoms with Crippen molar-refractivity contribution in [2.24, 2.45) is 0 Å². The minimum absolute atomic E-state index is 0.0612. The molecule has 0 fully saturated rings. The highest BCUT2D eigenvalue weighted by Crippen LogP contribution is 2.33. The van der Waals surface area contributed by atoms with Gasteiger partial charge in [0.25, 0.3) is 0 Å². The summed E-state index contributed by atoms with van der Waals surface area (Å²) in [6.45, 7) is 0. The molecule has 0 aromatic carbocycles. The molecule has 0 amide bonds. The summed E-state index contributed by atoms with van der Waals surface area (Å²) in [4.78, 5) is -0.908. The Morgan fingerprint density at radius 2 is 1.47 bits per heavy atom. The summed E-state index contributed by atoms with van der Waals surface area (Å²) in [5.41, 5.74) is -3.55. The van der Waals surface area contributed by atoms with Crippen LogP contribution in [0.15, 0.2) is 18.3 Å². The molecule has 15 heavy (non-hydrogen) atoms. The Labute approximate surface area is 78.7 Å². The van der Waals surface area contributed by atoms with Crippen molar-refractivity contribution in [1.29, 1.82) is 0 Å². The molecular formula is C7H3F7N+. The molecule has 8 heteroatoms. The van der Waals surface area contributed by atoms with Gasteiger partial charge in [0.15, 0.2) is 0 Å². The third kappa shape index (κ3) is 2.57. The molecule has 1 heterocycles. The van der Waals surface area contributed by atoms with E-state index in [9.17, 15) is 30.8 Å². The highest BCUT2D eigenvalue weighted by atomic mass is 19.4. The molecule has 0 unspecified atom stereocenters. The highest BCUT2D eigenvalue weighted by molar-refractivity contribution is 5.17.